The fourth-order valence-electron chi connectivity index (χ4n) is 3.09. The van der Waals surface area contributed by atoms with Gasteiger partial charge in [0, 0.05) is 20.1 Å². The molecule has 0 saturated carbocycles. The van der Waals surface area contributed by atoms with E-state index in [4.69, 9.17) is 4.42 Å². The van der Waals surface area contributed by atoms with E-state index < -0.39 is 0 Å². The van der Waals surface area contributed by atoms with Gasteiger partial charge in [-0.3, -0.25) is 9.59 Å². The standard InChI is InChI=1S/C21H13Br2NO3/c22-14-3-1-2-13(8-14)9-19-18-10-15(23)4-7-20(18)24(21(19)26)11-16-5-6-17(12-25)27-16/h1-10,12H,11H2/b19-9-. The third kappa shape index (κ3) is 3.55. The number of carbonyl (C=O) groups excluding carboxylic acids is 2. The van der Waals surface area contributed by atoms with Crippen LogP contribution < -0.4 is 4.90 Å². The monoisotopic (exact) mass is 485 g/mol. The predicted molar refractivity (Wildman–Crippen MR) is 111 cm³/mol. The number of amides is 1. The first kappa shape index (κ1) is 17.9. The van der Waals surface area contributed by atoms with Crippen LogP contribution in [0, 0.1) is 0 Å². The smallest absolute Gasteiger partial charge is 0.259 e. The summed E-state index contributed by atoms with van der Waals surface area (Å²) in [7, 11) is 0. The number of rotatable bonds is 4. The number of anilines is 1. The van der Waals surface area contributed by atoms with E-state index in [0.717, 1.165) is 25.8 Å². The van der Waals surface area contributed by atoms with Crippen LogP contribution in [0.4, 0.5) is 5.69 Å². The van der Waals surface area contributed by atoms with Crippen LogP contribution in [0.15, 0.2) is 68.0 Å². The first-order valence-corrected chi connectivity index (χ1v) is 9.77. The van der Waals surface area contributed by atoms with Gasteiger partial charge in [0.05, 0.1) is 12.2 Å². The van der Waals surface area contributed by atoms with Crippen molar-refractivity contribution in [3.63, 3.8) is 0 Å². The summed E-state index contributed by atoms with van der Waals surface area (Å²) < 4.78 is 7.30. The number of hydrogen-bond acceptors (Lipinski definition) is 3. The molecule has 6 heteroatoms. The van der Waals surface area contributed by atoms with Crippen LogP contribution in [-0.4, -0.2) is 12.2 Å². The molecular formula is C21H13Br2NO3. The molecule has 3 aromatic rings. The van der Waals surface area contributed by atoms with E-state index in [1.807, 2.05) is 48.5 Å². The van der Waals surface area contributed by atoms with Gasteiger partial charge in [0.2, 0.25) is 0 Å². The molecule has 0 radical (unpaired) electrons. The molecule has 4 nitrogen and oxygen atoms in total. The SMILES string of the molecule is O=Cc1ccc(CN2C(=O)/C(=C\c3cccc(Br)c3)c3cc(Br)ccc32)o1. The number of halogens is 2. The van der Waals surface area contributed by atoms with Crippen molar-refractivity contribution in [3.05, 3.63) is 86.2 Å². The Morgan fingerprint density at radius 3 is 2.56 bits per heavy atom. The lowest BCUT2D eigenvalue weighted by Gasteiger charge is -2.15. The molecule has 1 aromatic heterocycles. The summed E-state index contributed by atoms with van der Waals surface area (Å²) in [4.78, 5) is 25.7. The van der Waals surface area contributed by atoms with Crippen molar-refractivity contribution in [1.82, 2.24) is 0 Å². The Bertz CT molecular complexity index is 1080. The minimum atomic E-state index is -0.105. The van der Waals surface area contributed by atoms with Crippen LogP contribution in [-0.2, 0) is 11.3 Å². The van der Waals surface area contributed by atoms with Crippen molar-refractivity contribution in [1.29, 1.82) is 0 Å². The maximum atomic E-state index is 13.2. The lowest BCUT2D eigenvalue weighted by atomic mass is 10.0. The molecule has 0 bridgehead atoms. The largest absolute Gasteiger partial charge is 0.456 e. The number of carbonyl (C=O) groups is 2. The summed E-state index contributed by atoms with van der Waals surface area (Å²) in [5.74, 6) is 0.702. The summed E-state index contributed by atoms with van der Waals surface area (Å²) in [6.45, 7) is 0.261. The molecule has 0 fully saturated rings. The Morgan fingerprint density at radius 2 is 1.81 bits per heavy atom. The first-order chi connectivity index (χ1) is 13.0. The molecule has 1 aliphatic rings. The molecule has 0 aliphatic carbocycles. The van der Waals surface area contributed by atoms with Gasteiger partial charge in [0.25, 0.3) is 5.91 Å². The van der Waals surface area contributed by atoms with Gasteiger partial charge in [-0.2, -0.15) is 0 Å². The number of furan rings is 1. The van der Waals surface area contributed by atoms with Crippen LogP contribution in [0.3, 0.4) is 0 Å². The van der Waals surface area contributed by atoms with Crippen LogP contribution >= 0.6 is 31.9 Å². The van der Waals surface area contributed by atoms with Crippen molar-refractivity contribution in [2.45, 2.75) is 6.54 Å². The van der Waals surface area contributed by atoms with Gasteiger partial charge in [0.15, 0.2) is 12.0 Å². The molecule has 0 spiro atoms. The van der Waals surface area contributed by atoms with Gasteiger partial charge >= 0.3 is 0 Å². The van der Waals surface area contributed by atoms with Crippen molar-refractivity contribution in [3.8, 4) is 0 Å². The quantitative estimate of drug-likeness (QED) is 0.351. The molecule has 1 aliphatic heterocycles. The van der Waals surface area contributed by atoms with Gasteiger partial charge in [-0.05, 0) is 54.1 Å². The van der Waals surface area contributed by atoms with Gasteiger partial charge in [0.1, 0.15) is 5.76 Å². The number of hydrogen-bond donors (Lipinski definition) is 0. The molecule has 1 amide bonds. The second-order valence-electron chi connectivity index (χ2n) is 6.09. The summed E-state index contributed by atoms with van der Waals surface area (Å²) in [5.41, 5.74) is 3.22. The second kappa shape index (κ2) is 7.29. The van der Waals surface area contributed by atoms with Crippen LogP contribution in [0.2, 0.25) is 0 Å². The first-order valence-electron chi connectivity index (χ1n) is 8.18. The minimum absolute atomic E-state index is 0.105. The molecule has 0 N–H and O–H groups in total. The van der Waals surface area contributed by atoms with E-state index in [2.05, 4.69) is 31.9 Å². The van der Waals surface area contributed by atoms with Gasteiger partial charge in [-0.25, -0.2) is 0 Å². The Labute approximate surface area is 172 Å². The molecule has 2 heterocycles. The van der Waals surface area contributed by atoms with Gasteiger partial charge in [-0.1, -0.05) is 44.0 Å². The highest BCUT2D eigenvalue weighted by Gasteiger charge is 2.33. The highest BCUT2D eigenvalue weighted by molar-refractivity contribution is 9.10. The number of aldehydes is 1. The Hall–Kier alpha value is -2.44. The minimum Gasteiger partial charge on any atom is -0.456 e. The zero-order chi connectivity index (χ0) is 19.0. The maximum Gasteiger partial charge on any atom is 0.259 e. The molecule has 0 saturated heterocycles. The topological polar surface area (TPSA) is 50.5 Å². The molecule has 134 valence electrons. The summed E-state index contributed by atoms with van der Waals surface area (Å²) in [5, 5.41) is 0. The van der Waals surface area contributed by atoms with Crippen molar-refractivity contribution in [2.75, 3.05) is 4.90 Å². The maximum absolute atomic E-state index is 13.2. The van der Waals surface area contributed by atoms with E-state index in [9.17, 15) is 9.59 Å². The van der Waals surface area contributed by atoms with E-state index in [1.165, 1.54) is 0 Å². The third-order valence-electron chi connectivity index (χ3n) is 4.29. The van der Waals surface area contributed by atoms with Crippen molar-refractivity contribution >= 4 is 61.4 Å². The normalized spacial score (nSPS) is 14.7. The molecule has 27 heavy (non-hydrogen) atoms. The zero-order valence-corrected chi connectivity index (χ0v) is 17.2. The Kier molecular flexibility index (Phi) is 4.85. The number of benzene rings is 2. The van der Waals surface area contributed by atoms with Crippen LogP contribution in [0.5, 0.6) is 0 Å². The fraction of sp³-hybridized carbons (Fsp3) is 0.0476. The van der Waals surface area contributed by atoms with Crippen molar-refractivity contribution < 1.29 is 14.0 Å². The average molecular weight is 487 g/mol. The Morgan fingerprint density at radius 1 is 1.00 bits per heavy atom. The summed E-state index contributed by atoms with van der Waals surface area (Å²) >= 11 is 6.95. The molecular weight excluding hydrogens is 474 g/mol. The van der Waals surface area contributed by atoms with Crippen LogP contribution in [0.1, 0.15) is 27.4 Å². The lowest BCUT2D eigenvalue weighted by Crippen LogP contribution is -2.25. The highest BCUT2D eigenvalue weighted by atomic mass is 79.9. The predicted octanol–water partition coefficient (Wildman–Crippen LogP) is 5.70. The van der Waals surface area contributed by atoms with Crippen LogP contribution in [0.25, 0.3) is 11.6 Å². The van der Waals surface area contributed by atoms with E-state index in [-0.39, 0.29) is 18.2 Å². The molecule has 0 atom stereocenters. The zero-order valence-electron chi connectivity index (χ0n) is 14.0. The fourth-order valence-corrected chi connectivity index (χ4v) is 3.87. The number of fused-ring (bicyclic) bond motifs is 1. The lowest BCUT2D eigenvalue weighted by molar-refractivity contribution is -0.113. The van der Waals surface area contributed by atoms with Gasteiger partial charge < -0.3 is 9.32 Å². The average Bonchev–Trinajstić information content (AvgIpc) is 3.20. The summed E-state index contributed by atoms with van der Waals surface area (Å²) in [6.07, 6.45) is 2.54. The summed E-state index contributed by atoms with van der Waals surface area (Å²) in [6, 6.07) is 16.8. The number of nitrogens with zero attached hydrogens (tertiary/aromatic N) is 1. The van der Waals surface area contributed by atoms with E-state index >= 15 is 0 Å². The molecule has 0 unspecified atom stereocenters. The molecule has 4 rings (SSSR count). The second-order valence-corrected chi connectivity index (χ2v) is 7.92. The van der Waals surface area contributed by atoms with Crippen molar-refractivity contribution in [2.24, 2.45) is 0 Å². The van der Waals surface area contributed by atoms with E-state index in [1.54, 1.807) is 17.0 Å². The highest BCUT2D eigenvalue weighted by Crippen LogP contribution is 2.40. The third-order valence-corrected chi connectivity index (χ3v) is 5.27. The Balaban J connectivity index is 1.77. The van der Waals surface area contributed by atoms with E-state index in [0.29, 0.717) is 17.6 Å². The molecule has 2 aromatic carbocycles. The van der Waals surface area contributed by atoms with Gasteiger partial charge in [-0.15, -0.1) is 0 Å².